The van der Waals surface area contributed by atoms with Gasteiger partial charge in [-0.15, -0.1) is 0 Å². The molecule has 3 atom stereocenters. The van der Waals surface area contributed by atoms with Gasteiger partial charge in [0.15, 0.2) is 0 Å². The van der Waals surface area contributed by atoms with Crippen LogP contribution < -0.4 is 5.32 Å². The molecule has 0 bridgehead atoms. The molecule has 0 spiro atoms. The molecule has 1 unspecified atom stereocenters. The summed E-state index contributed by atoms with van der Waals surface area (Å²) in [6.07, 6.45) is 1.21. The Balaban J connectivity index is 2.13. The summed E-state index contributed by atoms with van der Waals surface area (Å²) in [7, 11) is 0. The molecule has 2 rings (SSSR count). The first-order chi connectivity index (χ1) is 9.38. The van der Waals surface area contributed by atoms with Gasteiger partial charge in [0.1, 0.15) is 0 Å². The van der Waals surface area contributed by atoms with E-state index >= 15 is 0 Å². The number of carbonyl (C=O) groups is 2. The molecule has 1 aromatic rings. The zero-order chi connectivity index (χ0) is 14.9. The van der Waals surface area contributed by atoms with Crippen LogP contribution >= 0.6 is 15.9 Å². The van der Waals surface area contributed by atoms with Gasteiger partial charge in [-0.3, -0.25) is 9.59 Å². The minimum absolute atomic E-state index is 0.188. The topological polar surface area (TPSA) is 66.4 Å². The van der Waals surface area contributed by atoms with Crippen LogP contribution in [0.25, 0.3) is 0 Å². The third-order valence-corrected chi connectivity index (χ3v) is 4.39. The third kappa shape index (κ3) is 3.20. The van der Waals surface area contributed by atoms with Crippen molar-refractivity contribution in [2.24, 2.45) is 17.8 Å². The van der Waals surface area contributed by atoms with Crippen LogP contribution in [-0.2, 0) is 9.59 Å². The number of halogens is 1. The van der Waals surface area contributed by atoms with E-state index in [1.165, 1.54) is 0 Å². The number of hydrogen-bond donors (Lipinski definition) is 2. The largest absolute Gasteiger partial charge is 0.481 e. The zero-order valence-electron chi connectivity index (χ0n) is 11.5. The molecule has 5 heteroatoms. The lowest BCUT2D eigenvalue weighted by molar-refractivity contribution is -0.145. The first-order valence-electron chi connectivity index (χ1n) is 6.68. The smallest absolute Gasteiger partial charge is 0.307 e. The van der Waals surface area contributed by atoms with Crippen LogP contribution in [0, 0.1) is 24.7 Å². The summed E-state index contributed by atoms with van der Waals surface area (Å²) >= 11 is 3.37. The lowest BCUT2D eigenvalue weighted by Gasteiger charge is -2.16. The summed E-state index contributed by atoms with van der Waals surface area (Å²) in [4.78, 5) is 23.6. The number of amides is 1. The van der Waals surface area contributed by atoms with Crippen LogP contribution in [0.4, 0.5) is 5.69 Å². The molecular formula is C15H18BrNO3. The molecule has 1 aliphatic rings. The van der Waals surface area contributed by atoms with E-state index in [0.717, 1.165) is 15.7 Å². The first-order valence-corrected chi connectivity index (χ1v) is 7.47. The Hall–Kier alpha value is -1.36. The van der Waals surface area contributed by atoms with Gasteiger partial charge in [-0.25, -0.2) is 0 Å². The highest BCUT2D eigenvalue weighted by Crippen LogP contribution is 2.37. The van der Waals surface area contributed by atoms with Crippen molar-refractivity contribution in [1.29, 1.82) is 0 Å². The highest BCUT2D eigenvalue weighted by Gasteiger charge is 2.41. The minimum atomic E-state index is -0.873. The van der Waals surface area contributed by atoms with E-state index in [1.807, 2.05) is 32.0 Å². The SMILES string of the molecule is Cc1cc(Br)ccc1NC(=O)[C@H]1CC(C)C[C@H]1C(=O)O. The second-order valence-corrected chi connectivity index (χ2v) is 6.49. The van der Waals surface area contributed by atoms with Crippen LogP contribution in [0.1, 0.15) is 25.3 Å². The number of aryl methyl sites for hydroxylation is 1. The number of carboxylic acid groups (broad SMARTS) is 1. The number of anilines is 1. The van der Waals surface area contributed by atoms with E-state index in [-0.39, 0.29) is 11.8 Å². The molecule has 1 aromatic carbocycles. The van der Waals surface area contributed by atoms with Crippen molar-refractivity contribution in [3.8, 4) is 0 Å². The maximum Gasteiger partial charge on any atom is 0.307 e. The predicted molar refractivity (Wildman–Crippen MR) is 80.5 cm³/mol. The maximum atomic E-state index is 12.3. The van der Waals surface area contributed by atoms with Crippen molar-refractivity contribution in [3.05, 3.63) is 28.2 Å². The Labute approximate surface area is 126 Å². The average Bonchev–Trinajstić information content (AvgIpc) is 2.75. The number of carbonyl (C=O) groups excluding carboxylic acids is 1. The van der Waals surface area contributed by atoms with Crippen LogP contribution in [-0.4, -0.2) is 17.0 Å². The summed E-state index contributed by atoms with van der Waals surface area (Å²) < 4.78 is 0.950. The molecule has 1 amide bonds. The van der Waals surface area contributed by atoms with Gasteiger partial charge in [-0.05, 0) is 49.4 Å². The van der Waals surface area contributed by atoms with Crippen molar-refractivity contribution < 1.29 is 14.7 Å². The molecular weight excluding hydrogens is 322 g/mol. The fourth-order valence-electron chi connectivity index (χ4n) is 2.85. The molecule has 1 saturated carbocycles. The molecule has 0 heterocycles. The highest BCUT2D eigenvalue weighted by molar-refractivity contribution is 9.10. The van der Waals surface area contributed by atoms with Crippen molar-refractivity contribution in [3.63, 3.8) is 0 Å². The number of hydrogen-bond acceptors (Lipinski definition) is 2. The van der Waals surface area contributed by atoms with E-state index in [2.05, 4.69) is 21.2 Å². The van der Waals surface area contributed by atoms with E-state index < -0.39 is 17.8 Å². The molecule has 0 saturated heterocycles. The Bertz CT molecular complexity index is 544. The molecule has 0 aliphatic heterocycles. The standard InChI is InChI=1S/C15H18BrNO3/c1-8-5-11(12(6-8)15(19)20)14(18)17-13-4-3-10(16)7-9(13)2/h3-4,7-8,11-12H,5-6H2,1-2H3,(H,17,18)(H,19,20)/t8?,11-,12+/m0/s1. The molecule has 2 N–H and O–H groups in total. The van der Waals surface area contributed by atoms with E-state index in [0.29, 0.717) is 12.8 Å². The normalized spacial score (nSPS) is 25.4. The van der Waals surface area contributed by atoms with Crippen LogP contribution in [0.2, 0.25) is 0 Å². The minimum Gasteiger partial charge on any atom is -0.481 e. The third-order valence-electron chi connectivity index (χ3n) is 3.90. The lowest BCUT2D eigenvalue weighted by atomic mass is 9.95. The van der Waals surface area contributed by atoms with Gasteiger partial charge in [0.05, 0.1) is 11.8 Å². The van der Waals surface area contributed by atoms with Crippen molar-refractivity contribution in [2.45, 2.75) is 26.7 Å². The van der Waals surface area contributed by atoms with Gasteiger partial charge in [-0.1, -0.05) is 22.9 Å². The van der Waals surface area contributed by atoms with Crippen LogP contribution in [0.5, 0.6) is 0 Å². The maximum absolute atomic E-state index is 12.3. The average molecular weight is 340 g/mol. The molecule has 1 fully saturated rings. The number of carboxylic acids is 1. The highest BCUT2D eigenvalue weighted by atomic mass is 79.9. The summed E-state index contributed by atoms with van der Waals surface area (Å²) in [5.74, 6) is -1.79. The number of benzene rings is 1. The number of aliphatic carboxylic acids is 1. The van der Waals surface area contributed by atoms with Gasteiger partial charge in [0.2, 0.25) is 5.91 Å². The Morgan fingerprint density at radius 1 is 1.30 bits per heavy atom. The Morgan fingerprint density at radius 3 is 2.55 bits per heavy atom. The second-order valence-electron chi connectivity index (χ2n) is 5.58. The summed E-state index contributed by atoms with van der Waals surface area (Å²) in [5.41, 5.74) is 1.69. The van der Waals surface area contributed by atoms with Gasteiger partial charge in [-0.2, -0.15) is 0 Å². The monoisotopic (exact) mass is 339 g/mol. The van der Waals surface area contributed by atoms with Gasteiger partial charge in [0.25, 0.3) is 0 Å². The summed E-state index contributed by atoms with van der Waals surface area (Å²) in [5, 5.41) is 12.1. The quantitative estimate of drug-likeness (QED) is 0.886. The van der Waals surface area contributed by atoms with E-state index in [1.54, 1.807) is 0 Å². The zero-order valence-corrected chi connectivity index (χ0v) is 13.1. The molecule has 4 nitrogen and oxygen atoms in total. The van der Waals surface area contributed by atoms with Crippen molar-refractivity contribution in [2.75, 3.05) is 5.32 Å². The van der Waals surface area contributed by atoms with Gasteiger partial charge < -0.3 is 10.4 Å². The van der Waals surface area contributed by atoms with E-state index in [9.17, 15) is 14.7 Å². The first kappa shape index (κ1) is 15.0. The Morgan fingerprint density at radius 2 is 1.95 bits per heavy atom. The number of nitrogens with one attached hydrogen (secondary N) is 1. The fourth-order valence-corrected chi connectivity index (χ4v) is 3.32. The molecule has 1 aliphatic carbocycles. The van der Waals surface area contributed by atoms with Crippen LogP contribution in [0.3, 0.4) is 0 Å². The molecule has 0 aromatic heterocycles. The molecule has 20 heavy (non-hydrogen) atoms. The fraction of sp³-hybridized carbons (Fsp3) is 0.467. The van der Waals surface area contributed by atoms with Gasteiger partial charge >= 0.3 is 5.97 Å². The predicted octanol–water partition coefficient (Wildman–Crippen LogP) is 3.44. The van der Waals surface area contributed by atoms with E-state index in [4.69, 9.17) is 0 Å². The summed E-state index contributed by atoms with van der Waals surface area (Å²) in [6, 6.07) is 5.60. The molecule has 108 valence electrons. The molecule has 0 radical (unpaired) electrons. The second kappa shape index (κ2) is 5.95. The summed E-state index contributed by atoms with van der Waals surface area (Å²) in [6.45, 7) is 3.90. The lowest BCUT2D eigenvalue weighted by Crippen LogP contribution is -2.30. The van der Waals surface area contributed by atoms with Crippen molar-refractivity contribution >= 4 is 33.5 Å². The van der Waals surface area contributed by atoms with Crippen LogP contribution in [0.15, 0.2) is 22.7 Å². The Kier molecular flexibility index (Phi) is 4.48. The van der Waals surface area contributed by atoms with Gasteiger partial charge in [0, 0.05) is 10.2 Å². The van der Waals surface area contributed by atoms with Crippen molar-refractivity contribution in [1.82, 2.24) is 0 Å². The number of rotatable bonds is 3.